The predicted molar refractivity (Wildman–Crippen MR) is 69.5 cm³/mol. The number of hydrogen-bond donors (Lipinski definition) is 2. The monoisotopic (exact) mass is 285 g/mol. The normalized spacial score (nSPS) is 11.1. The molecule has 1 rings (SSSR count). The highest BCUT2D eigenvalue weighted by Crippen LogP contribution is 2.16. The summed E-state index contributed by atoms with van der Waals surface area (Å²) in [7, 11) is -3.56. The molecule has 0 heterocycles. The number of amides is 1. The van der Waals surface area contributed by atoms with Crippen molar-refractivity contribution in [2.45, 2.75) is 18.2 Å². The van der Waals surface area contributed by atoms with E-state index in [1.54, 1.807) is 0 Å². The number of carbonyl (C=O) groups is 2. The van der Waals surface area contributed by atoms with Crippen molar-refractivity contribution in [3.63, 3.8) is 0 Å². The van der Waals surface area contributed by atoms with E-state index in [0.29, 0.717) is 5.69 Å². The SMILES string of the molecule is CC(=O)CC(=O)Nc1cccc(S(=O)(=O)CCO)c1. The minimum absolute atomic E-state index is 0.0159. The van der Waals surface area contributed by atoms with Gasteiger partial charge in [-0.1, -0.05) is 6.07 Å². The van der Waals surface area contributed by atoms with Gasteiger partial charge >= 0.3 is 0 Å². The number of aliphatic hydroxyl groups excluding tert-OH is 1. The van der Waals surface area contributed by atoms with Crippen molar-refractivity contribution in [3.05, 3.63) is 24.3 Å². The van der Waals surface area contributed by atoms with Crippen LogP contribution in [0.2, 0.25) is 0 Å². The number of carbonyl (C=O) groups excluding carboxylic acids is 2. The molecule has 1 aromatic rings. The van der Waals surface area contributed by atoms with Crippen LogP contribution < -0.4 is 5.32 Å². The lowest BCUT2D eigenvalue weighted by molar-refractivity contribution is -0.124. The van der Waals surface area contributed by atoms with Crippen LogP contribution in [0.4, 0.5) is 5.69 Å². The van der Waals surface area contributed by atoms with E-state index in [9.17, 15) is 18.0 Å². The summed E-state index contributed by atoms with van der Waals surface area (Å²) in [6.07, 6.45) is -0.256. The summed E-state index contributed by atoms with van der Waals surface area (Å²) < 4.78 is 23.4. The summed E-state index contributed by atoms with van der Waals surface area (Å²) in [4.78, 5) is 22.2. The van der Waals surface area contributed by atoms with E-state index in [4.69, 9.17) is 5.11 Å². The molecule has 0 bridgehead atoms. The van der Waals surface area contributed by atoms with Crippen LogP contribution >= 0.6 is 0 Å². The van der Waals surface area contributed by atoms with Gasteiger partial charge in [-0.25, -0.2) is 8.42 Å². The molecule has 104 valence electrons. The number of rotatable bonds is 6. The van der Waals surface area contributed by atoms with Crippen molar-refractivity contribution in [3.8, 4) is 0 Å². The van der Waals surface area contributed by atoms with E-state index in [1.807, 2.05) is 0 Å². The molecule has 0 aliphatic carbocycles. The van der Waals surface area contributed by atoms with Gasteiger partial charge in [0.25, 0.3) is 0 Å². The zero-order valence-corrected chi connectivity index (χ0v) is 11.2. The van der Waals surface area contributed by atoms with Crippen LogP contribution in [-0.4, -0.2) is 37.6 Å². The van der Waals surface area contributed by atoms with Gasteiger partial charge in [0.15, 0.2) is 9.84 Å². The zero-order chi connectivity index (χ0) is 14.5. The van der Waals surface area contributed by atoms with Gasteiger partial charge in [-0.15, -0.1) is 0 Å². The Morgan fingerprint density at radius 3 is 2.58 bits per heavy atom. The molecule has 19 heavy (non-hydrogen) atoms. The highest BCUT2D eigenvalue weighted by Gasteiger charge is 2.14. The van der Waals surface area contributed by atoms with Gasteiger partial charge in [-0.3, -0.25) is 9.59 Å². The zero-order valence-electron chi connectivity index (χ0n) is 10.4. The molecular weight excluding hydrogens is 270 g/mol. The summed E-state index contributed by atoms with van der Waals surface area (Å²) in [5, 5.41) is 11.1. The number of ketones is 1. The number of anilines is 1. The first-order valence-electron chi connectivity index (χ1n) is 5.58. The van der Waals surface area contributed by atoms with Crippen molar-refractivity contribution >= 4 is 27.2 Å². The van der Waals surface area contributed by atoms with E-state index < -0.39 is 22.4 Å². The quantitative estimate of drug-likeness (QED) is 0.735. The van der Waals surface area contributed by atoms with Gasteiger partial charge in [0.1, 0.15) is 5.78 Å². The standard InChI is InChI=1S/C12H15NO5S/c1-9(15)7-12(16)13-10-3-2-4-11(8-10)19(17,18)6-5-14/h2-4,8,14H,5-7H2,1H3,(H,13,16). The molecule has 0 atom stereocenters. The molecule has 6 nitrogen and oxygen atoms in total. The molecule has 0 fully saturated rings. The Morgan fingerprint density at radius 2 is 2.00 bits per heavy atom. The lowest BCUT2D eigenvalue weighted by Crippen LogP contribution is -2.15. The molecular formula is C12H15NO5S. The van der Waals surface area contributed by atoms with E-state index in [1.165, 1.54) is 31.2 Å². The predicted octanol–water partition coefficient (Wildman–Crippen LogP) is 0.370. The van der Waals surface area contributed by atoms with E-state index in [0.717, 1.165) is 0 Å². The van der Waals surface area contributed by atoms with Crippen molar-refractivity contribution in [1.29, 1.82) is 0 Å². The van der Waals surface area contributed by atoms with Crippen LogP contribution in [0.5, 0.6) is 0 Å². The number of hydrogen-bond acceptors (Lipinski definition) is 5. The highest BCUT2D eigenvalue weighted by molar-refractivity contribution is 7.91. The van der Waals surface area contributed by atoms with Gasteiger partial charge in [0.2, 0.25) is 5.91 Å². The van der Waals surface area contributed by atoms with Gasteiger partial charge in [-0.05, 0) is 25.1 Å². The van der Waals surface area contributed by atoms with E-state index in [-0.39, 0.29) is 22.9 Å². The highest BCUT2D eigenvalue weighted by atomic mass is 32.2. The van der Waals surface area contributed by atoms with Crippen LogP contribution in [-0.2, 0) is 19.4 Å². The Morgan fingerprint density at radius 1 is 1.32 bits per heavy atom. The number of aliphatic hydroxyl groups is 1. The minimum atomic E-state index is -3.56. The van der Waals surface area contributed by atoms with Crippen LogP contribution in [0, 0.1) is 0 Å². The maximum Gasteiger partial charge on any atom is 0.231 e. The maximum absolute atomic E-state index is 11.7. The second-order valence-electron chi connectivity index (χ2n) is 4.00. The summed E-state index contributed by atoms with van der Waals surface area (Å²) in [5.74, 6) is -1.15. The van der Waals surface area contributed by atoms with Crippen LogP contribution in [0.1, 0.15) is 13.3 Å². The Kier molecular flexibility index (Phi) is 5.20. The second kappa shape index (κ2) is 6.44. The molecule has 0 spiro atoms. The van der Waals surface area contributed by atoms with Crippen LogP contribution in [0.25, 0.3) is 0 Å². The molecule has 0 aromatic heterocycles. The van der Waals surface area contributed by atoms with Crippen molar-refractivity contribution in [2.24, 2.45) is 0 Å². The Bertz CT molecular complexity index is 580. The topological polar surface area (TPSA) is 101 Å². The third-order valence-electron chi connectivity index (χ3n) is 2.25. The van der Waals surface area contributed by atoms with Gasteiger partial charge in [0.05, 0.1) is 23.7 Å². The van der Waals surface area contributed by atoms with E-state index >= 15 is 0 Å². The average molecular weight is 285 g/mol. The summed E-state index contributed by atoms with van der Waals surface area (Å²) >= 11 is 0. The molecule has 0 unspecified atom stereocenters. The van der Waals surface area contributed by atoms with Gasteiger partial charge in [-0.2, -0.15) is 0 Å². The average Bonchev–Trinajstić information content (AvgIpc) is 2.28. The Balaban J connectivity index is 2.89. The van der Waals surface area contributed by atoms with Crippen LogP contribution in [0.15, 0.2) is 29.2 Å². The molecule has 0 radical (unpaired) electrons. The lowest BCUT2D eigenvalue weighted by Gasteiger charge is -2.07. The number of benzene rings is 1. The molecule has 0 saturated heterocycles. The molecule has 2 N–H and O–H groups in total. The first-order valence-corrected chi connectivity index (χ1v) is 7.23. The molecule has 0 saturated carbocycles. The molecule has 7 heteroatoms. The smallest absolute Gasteiger partial charge is 0.231 e. The summed E-state index contributed by atoms with van der Waals surface area (Å²) in [6, 6.07) is 5.68. The number of sulfone groups is 1. The third-order valence-corrected chi connectivity index (χ3v) is 3.94. The van der Waals surface area contributed by atoms with Crippen molar-refractivity contribution < 1.29 is 23.1 Å². The van der Waals surface area contributed by atoms with E-state index in [2.05, 4.69) is 5.32 Å². The van der Waals surface area contributed by atoms with Crippen molar-refractivity contribution in [1.82, 2.24) is 0 Å². The maximum atomic E-state index is 11.7. The largest absolute Gasteiger partial charge is 0.395 e. The first kappa shape index (κ1) is 15.3. The third kappa shape index (κ3) is 4.80. The van der Waals surface area contributed by atoms with Gasteiger partial charge in [0, 0.05) is 5.69 Å². The number of Topliss-reactive ketones (excluding diaryl/α,β-unsaturated/α-hetero) is 1. The van der Waals surface area contributed by atoms with Crippen LogP contribution in [0.3, 0.4) is 0 Å². The number of nitrogens with one attached hydrogen (secondary N) is 1. The first-order chi connectivity index (χ1) is 8.85. The van der Waals surface area contributed by atoms with Crippen molar-refractivity contribution in [2.75, 3.05) is 17.7 Å². The summed E-state index contributed by atoms with van der Waals surface area (Å²) in [5.41, 5.74) is 0.297. The molecule has 1 amide bonds. The Hall–Kier alpha value is -1.73. The van der Waals surface area contributed by atoms with Gasteiger partial charge < -0.3 is 10.4 Å². The fourth-order valence-corrected chi connectivity index (χ4v) is 2.51. The Labute approximate surface area is 111 Å². The molecule has 0 aliphatic heterocycles. The fourth-order valence-electron chi connectivity index (χ4n) is 1.44. The second-order valence-corrected chi connectivity index (χ2v) is 6.11. The minimum Gasteiger partial charge on any atom is -0.395 e. The lowest BCUT2D eigenvalue weighted by atomic mass is 10.2. The summed E-state index contributed by atoms with van der Waals surface area (Å²) in [6.45, 7) is 0.824. The fraction of sp³-hybridized carbons (Fsp3) is 0.333. The molecule has 1 aromatic carbocycles. The molecule has 0 aliphatic rings.